The van der Waals surface area contributed by atoms with Crippen LogP contribution in [0, 0.1) is 0 Å². The SMILES string of the molecule is CC(NC(=O)OC(C)(C)C)C(=O)NCc1ccc(-c2ccn[nH]2)cc1. The van der Waals surface area contributed by atoms with Gasteiger partial charge in [0.25, 0.3) is 0 Å². The van der Waals surface area contributed by atoms with Crippen LogP contribution in [0.3, 0.4) is 0 Å². The van der Waals surface area contributed by atoms with E-state index in [1.807, 2.05) is 30.3 Å². The van der Waals surface area contributed by atoms with E-state index < -0.39 is 17.7 Å². The van der Waals surface area contributed by atoms with Gasteiger partial charge in [0, 0.05) is 12.7 Å². The number of carbonyl (C=O) groups is 2. The molecule has 1 atom stereocenters. The maximum absolute atomic E-state index is 12.1. The van der Waals surface area contributed by atoms with Crippen LogP contribution < -0.4 is 10.6 Å². The van der Waals surface area contributed by atoms with E-state index in [1.165, 1.54) is 0 Å². The van der Waals surface area contributed by atoms with Gasteiger partial charge in [-0.3, -0.25) is 9.89 Å². The normalized spacial score (nSPS) is 12.3. The van der Waals surface area contributed by atoms with Crippen molar-refractivity contribution in [2.24, 2.45) is 0 Å². The lowest BCUT2D eigenvalue weighted by Gasteiger charge is -2.21. The molecular formula is C18H24N4O3. The number of hydrogen-bond donors (Lipinski definition) is 3. The number of benzene rings is 1. The predicted molar refractivity (Wildman–Crippen MR) is 94.7 cm³/mol. The first-order valence-electron chi connectivity index (χ1n) is 8.10. The molecule has 0 fully saturated rings. The van der Waals surface area contributed by atoms with E-state index in [-0.39, 0.29) is 5.91 Å². The van der Waals surface area contributed by atoms with Crippen LogP contribution >= 0.6 is 0 Å². The Kier molecular flexibility index (Phi) is 5.80. The number of amides is 2. The van der Waals surface area contributed by atoms with Gasteiger partial charge in [-0.2, -0.15) is 5.10 Å². The van der Waals surface area contributed by atoms with Gasteiger partial charge in [0.05, 0.1) is 5.69 Å². The molecule has 0 spiro atoms. The lowest BCUT2D eigenvalue weighted by molar-refractivity contribution is -0.122. The van der Waals surface area contributed by atoms with E-state index >= 15 is 0 Å². The molecule has 1 unspecified atom stereocenters. The Hall–Kier alpha value is -2.83. The van der Waals surface area contributed by atoms with Crippen molar-refractivity contribution in [1.82, 2.24) is 20.8 Å². The summed E-state index contributed by atoms with van der Waals surface area (Å²) in [6, 6.07) is 8.99. The number of nitrogens with one attached hydrogen (secondary N) is 3. The van der Waals surface area contributed by atoms with Gasteiger partial charge in [0.15, 0.2) is 0 Å². The summed E-state index contributed by atoms with van der Waals surface area (Å²) in [7, 11) is 0. The highest BCUT2D eigenvalue weighted by molar-refractivity contribution is 5.85. The summed E-state index contributed by atoms with van der Waals surface area (Å²) in [5, 5.41) is 12.1. The molecule has 1 aromatic heterocycles. The fourth-order valence-electron chi connectivity index (χ4n) is 2.11. The van der Waals surface area contributed by atoms with Crippen molar-refractivity contribution in [2.45, 2.75) is 45.9 Å². The van der Waals surface area contributed by atoms with E-state index in [4.69, 9.17) is 4.74 Å². The largest absolute Gasteiger partial charge is 0.444 e. The summed E-state index contributed by atoms with van der Waals surface area (Å²) in [6.07, 6.45) is 1.08. The molecule has 0 bridgehead atoms. The van der Waals surface area contributed by atoms with Crippen molar-refractivity contribution in [1.29, 1.82) is 0 Å². The monoisotopic (exact) mass is 344 g/mol. The molecule has 1 aromatic carbocycles. The van der Waals surface area contributed by atoms with Gasteiger partial charge in [-0.1, -0.05) is 24.3 Å². The Balaban J connectivity index is 1.82. The molecule has 0 saturated carbocycles. The molecule has 0 saturated heterocycles. The molecule has 2 amide bonds. The first-order chi connectivity index (χ1) is 11.7. The molecule has 25 heavy (non-hydrogen) atoms. The van der Waals surface area contributed by atoms with Gasteiger partial charge in [0.1, 0.15) is 11.6 Å². The van der Waals surface area contributed by atoms with Crippen LogP contribution in [0.2, 0.25) is 0 Å². The fourth-order valence-corrected chi connectivity index (χ4v) is 2.11. The molecule has 3 N–H and O–H groups in total. The second-order valence-corrected chi connectivity index (χ2v) is 6.75. The van der Waals surface area contributed by atoms with Crippen molar-refractivity contribution in [3.05, 3.63) is 42.1 Å². The van der Waals surface area contributed by atoms with Crippen LogP contribution in [0.1, 0.15) is 33.3 Å². The average Bonchev–Trinajstić information content (AvgIpc) is 3.05. The highest BCUT2D eigenvalue weighted by atomic mass is 16.6. The minimum Gasteiger partial charge on any atom is -0.444 e. The molecule has 2 rings (SSSR count). The van der Waals surface area contributed by atoms with Crippen molar-refractivity contribution < 1.29 is 14.3 Å². The summed E-state index contributed by atoms with van der Waals surface area (Å²) in [4.78, 5) is 23.8. The number of carbonyl (C=O) groups excluding carboxylic acids is 2. The Bertz CT molecular complexity index is 703. The zero-order chi connectivity index (χ0) is 18.4. The van der Waals surface area contributed by atoms with Crippen LogP contribution in [-0.2, 0) is 16.1 Å². The van der Waals surface area contributed by atoms with Gasteiger partial charge in [-0.15, -0.1) is 0 Å². The number of alkyl carbamates (subject to hydrolysis) is 1. The fraction of sp³-hybridized carbons (Fsp3) is 0.389. The molecule has 0 aliphatic heterocycles. The Morgan fingerprint density at radius 2 is 1.88 bits per heavy atom. The van der Waals surface area contributed by atoms with Gasteiger partial charge < -0.3 is 15.4 Å². The van der Waals surface area contributed by atoms with Crippen molar-refractivity contribution >= 4 is 12.0 Å². The molecule has 2 aromatic rings. The van der Waals surface area contributed by atoms with E-state index in [1.54, 1.807) is 33.9 Å². The minimum atomic E-state index is -0.681. The van der Waals surface area contributed by atoms with Gasteiger partial charge in [0.2, 0.25) is 5.91 Å². The minimum absolute atomic E-state index is 0.275. The molecule has 134 valence electrons. The number of aromatic amines is 1. The van der Waals surface area contributed by atoms with Crippen LogP contribution in [0.15, 0.2) is 36.5 Å². The smallest absolute Gasteiger partial charge is 0.408 e. The standard InChI is InChI=1S/C18H24N4O3/c1-12(21-17(24)25-18(2,3)4)16(23)19-11-13-5-7-14(8-6-13)15-9-10-20-22-15/h5-10,12H,11H2,1-4H3,(H,19,23)(H,20,22)(H,21,24). The summed E-state index contributed by atoms with van der Waals surface area (Å²) in [5.74, 6) is -0.275. The number of ether oxygens (including phenoxy) is 1. The molecule has 7 heteroatoms. The third kappa shape index (κ3) is 5.95. The van der Waals surface area contributed by atoms with E-state index in [2.05, 4.69) is 20.8 Å². The van der Waals surface area contributed by atoms with Crippen molar-refractivity contribution in [3.8, 4) is 11.3 Å². The third-order valence-electron chi connectivity index (χ3n) is 3.36. The highest BCUT2D eigenvalue weighted by Gasteiger charge is 2.20. The number of H-pyrrole nitrogens is 1. The topological polar surface area (TPSA) is 96.1 Å². The third-order valence-corrected chi connectivity index (χ3v) is 3.36. The van der Waals surface area contributed by atoms with Gasteiger partial charge >= 0.3 is 6.09 Å². The highest BCUT2D eigenvalue weighted by Crippen LogP contribution is 2.16. The number of hydrogen-bond acceptors (Lipinski definition) is 4. The molecular weight excluding hydrogens is 320 g/mol. The summed E-state index contributed by atoms with van der Waals surface area (Å²) >= 11 is 0. The molecule has 0 radical (unpaired) electrons. The molecule has 1 heterocycles. The quantitative estimate of drug-likeness (QED) is 0.777. The van der Waals surface area contributed by atoms with Gasteiger partial charge in [-0.25, -0.2) is 4.79 Å². The number of aromatic nitrogens is 2. The second kappa shape index (κ2) is 7.83. The second-order valence-electron chi connectivity index (χ2n) is 6.75. The van der Waals surface area contributed by atoms with Crippen LogP contribution in [-0.4, -0.2) is 33.8 Å². The predicted octanol–water partition coefficient (Wildman–Crippen LogP) is 2.61. The van der Waals surface area contributed by atoms with E-state index in [0.29, 0.717) is 6.54 Å². The first-order valence-corrected chi connectivity index (χ1v) is 8.10. The molecule has 0 aliphatic rings. The average molecular weight is 344 g/mol. The zero-order valence-electron chi connectivity index (χ0n) is 14.9. The van der Waals surface area contributed by atoms with Crippen molar-refractivity contribution in [2.75, 3.05) is 0 Å². The van der Waals surface area contributed by atoms with Gasteiger partial charge in [-0.05, 0) is 44.9 Å². The Labute approximate surface area is 147 Å². The number of nitrogens with zero attached hydrogens (tertiary/aromatic N) is 1. The van der Waals surface area contributed by atoms with E-state index in [9.17, 15) is 9.59 Å². The zero-order valence-corrected chi connectivity index (χ0v) is 14.9. The Morgan fingerprint density at radius 1 is 1.20 bits per heavy atom. The number of rotatable bonds is 5. The van der Waals surface area contributed by atoms with Crippen LogP contribution in [0.25, 0.3) is 11.3 Å². The maximum atomic E-state index is 12.1. The van der Waals surface area contributed by atoms with Crippen LogP contribution in [0.4, 0.5) is 4.79 Å². The summed E-state index contributed by atoms with van der Waals surface area (Å²) in [6.45, 7) is 7.29. The lowest BCUT2D eigenvalue weighted by atomic mass is 10.1. The molecule has 7 nitrogen and oxygen atoms in total. The maximum Gasteiger partial charge on any atom is 0.408 e. The Morgan fingerprint density at radius 3 is 2.44 bits per heavy atom. The van der Waals surface area contributed by atoms with Crippen molar-refractivity contribution in [3.63, 3.8) is 0 Å². The van der Waals surface area contributed by atoms with E-state index in [0.717, 1.165) is 16.8 Å². The lowest BCUT2D eigenvalue weighted by Crippen LogP contribution is -2.46. The van der Waals surface area contributed by atoms with Crippen LogP contribution in [0.5, 0.6) is 0 Å². The summed E-state index contributed by atoms with van der Waals surface area (Å²) < 4.78 is 5.13. The molecule has 0 aliphatic carbocycles. The first kappa shape index (κ1) is 18.5. The summed E-state index contributed by atoms with van der Waals surface area (Å²) in [5.41, 5.74) is 2.32.